The fraction of sp³-hybridized carbons (Fsp3) is 0.600. The van der Waals surface area contributed by atoms with E-state index < -0.39 is 0 Å². The second-order valence-corrected chi connectivity index (χ2v) is 11.4. The molecule has 3 fully saturated rings. The third kappa shape index (κ3) is 3.80. The largest absolute Gasteiger partial charge is 0.350 e. The molecule has 3 aliphatic rings. The topological polar surface area (TPSA) is 92.0 Å². The van der Waals surface area contributed by atoms with Gasteiger partial charge in [0, 0.05) is 38.8 Å². The van der Waals surface area contributed by atoms with E-state index in [4.69, 9.17) is 4.98 Å². The van der Waals surface area contributed by atoms with Crippen LogP contribution in [-0.2, 0) is 13.6 Å². The molecule has 3 aliphatic heterocycles. The Morgan fingerprint density at radius 3 is 2.53 bits per heavy atom. The smallest absolute Gasteiger partial charge is 0.330 e. The maximum Gasteiger partial charge on any atom is 0.330 e. The van der Waals surface area contributed by atoms with Crippen LogP contribution in [0, 0.1) is 5.41 Å². The molecule has 9 nitrogen and oxygen atoms in total. The van der Waals surface area contributed by atoms with Gasteiger partial charge in [-0.25, -0.2) is 9.78 Å². The number of imidazole rings is 1. The van der Waals surface area contributed by atoms with E-state index in [1.807, 2.05) is 27.7 Å². The van der Waals surface area contributed by atoms with Crippen molar-refractivity contribution < 1.29 is 4.79 Å². The molecule has 2 unspecified atom stereocenters. The number of amides is 1. The zero-order valence-electron chi connectivity index (χ0n) is 21.0. The summed E-state index contributed by atoms with van der Waals surface area (Å²) in [6, 6.07) is 6.27. The number of aromatic nitrogens is 5. The first-order valence-corrected chi connectivity index (χ1v) is 12.2. The van der Waals surface area contributed by atoms with Gasteiger partial charge < -0.3 is 9.80 Å². The van der Waals surface area contributed by atoms with Gasteiger partial charge in [-0.05, 0) is 42.4 Å². The Labute approximate surface area is 199 Å². The van der Waals surface area contributed by atoms with Crippen LogP contribution in [0.25, 0.3) is 11.2 Å². The number of carbonyl (C=O) groups is 1. The molecule has 0 radical (unpaired) electrons. The van der Waals surface area contributed by atoms with Crippen molar-refractivity contribution in [1.82, 2.24) is 29.2 Å². The van der Waals surface area contributed by atoms with Gasteiger partial charge in [0.15, 0.2) is 5.65 Å². The predicted octanol–water partition coefficient (Wildman–Crippen LogP) is 3.12. The summed E-state index contributed by atoms with van der Waals surface area (Å²) in [4.78, 5) is 35.4. The highest BCUT2D eigenvalue weighted by Gasteiger charge is 2.42. The molecule has 3 saturated heterocycles. The number of nitrogens with zero attached hydrogens (tertiary/aromatic N) is 6. The Morgan fingerprint density at radius 1 is 1.18 bits per heavy atom. The van der Waals surface area contributed by atoms with Crippen LogP contribution < -0.4 is 10.6 Å². The lowest BCUT2D eigenvalue weighted by atomic mass is 9.90. The minimum absolute atomic E-state index is 0.0105. The van der Waals surface area contributed by atoms with Crippen LogP contribution in [0.15, 0.2) is 23.0 Å². The monoisotopic (exact) mass is 465 g/mol. The van der Waals surface area contributed by atoms with Gasteiger partial charge in [-0.15, -0.1) is 0 Å². The number of carbonyl (C=O) groups excluding carboxylic acids is 1. The number of fused-ring (bicyclic) bond motifs is 4. The van der Waals surface area contributed by atoms with Gasteiger partial charge in [-0.2, -0.15) is 5.10 Å². The highest BCUT2D eigenvalue weighted by Crippen LogP contribution is 2.33. The molecule has 6 heterocycles. The lowest BCUT2D eigenvalue weighted by molar-refractivity contribution is 0.0498. The first-order valence-electron chi connectivity index (χ1n) is 12.2. The van der Waals surface area contributed by atoms with Crippen molar-refractivity contribution in [2.45, 2.75) is 72.0 Å². The number of piperidine rings is 2. The number of pyridine rings is 1. The summed E-state index contributed by atoms with van der Waals surface area (Å²) < 4.78 is 3.47. The summed E-state index contributed by atoms with van der Waals surface area (Å²) >= 11 is 0. The van der Waals surface area contributed by atoms with Crippen molar-refractivity contribution in [2.75, 3.05) is 18.0 Å². The summed E-state index contributed by atoms with van der Waals surface area (Å²) in [5, 5.41) is 7.24. The van der Waals surface area contributed by atoms with Crippen molar-refractivity contribution in [3.05, 3.63) is 40.1 Å². The molecule has 2 bridgehead atoms. The molecule has 3 aromatic rings. The van der Waals surface area contributed by atoms with E-state index in [9.17, 15) is 9.59 Å². The molecule has 0 saturated carbocycles. The number of aryl methyl sites for hydroxylation is 1. The Bertz CT molecular complexity index is 1290. The van der Waals surface area contributed by atoms with E-state index in [0.29, 0.717) is 24.4 Å². The molecule has 2 atom stereocenters. The SMILES string of the molecule is CC(C)c1cc(C(=O)N2CC3CCC2CN3c2ccc3c(n2)n(C)c(=O)n3CC(C)(C)C)[nH]n1. The average Bonchev–Trinajstić information content (AvgIpc) is 3.38. The fourth-order valence-electron chi connectivity index (χ4n) is 5.31. The van der Waals surface area contributed by atoms with Crippen LogP contribution in [0.3, 0.4) is 0 Å². The van der Waals surface area contributed by atoms with Crippen LogP contribution in [0.1, 0.15) is 69.6 Å². The highest BCUT2D eigenvalue weighted by molar-refractivity contribution is 5.93. The van der Waals surface area contributed by atoms with Gasteiger partial charge in [0.05, 0.1) is 11.2 Å². The third-order valence-corrected chi connectivity index (χ3v) is 7.10. The minimum atomic E-state index is -0.0353. The summed E-state index contributed by atoms with van der Waals surface area (Å²) in [5.41, 5.74) is 3.01. The molecular formula is C25H35N7O2. The predicted molar refractivity (Wildman–Crippen MR) is 132 cm³/mol. The number of H-pyrrole nitrogens is 1. The standard InChI is InChI=1S/C25H35N7O2/c1-15(2)18-11-19(28-27-18)23(33)31-13-16-7-8-17(31)12-30(16)21-10-9-20-22(26-21)29(6)24(34)32(20)14-25(3,4)5/h9-11,15-17H,7-8,12-14H2,1-6H3,(H,27,28). The Hall–Kier alpha value is -3.10. The molecule has 1 amide bonds. The zero-order chi connectivity index (χ0) is 24.4. The van der Waals surface area contributed by atoms with E-state index >= 15 is 0 Å². The lowest BCUT2D eigenvalue weighted by Crippen LogP contribution is -2.64. The van der Waals surface area contributed by atoms with Crippen molar-refractivity contribution in [3.63, 3.8) is 0 Å². The van der Waals surface area contributed by atoms with Crippen molar-refractivity contribution in [1.29, 1.82) is 0 Å². The number of hydrogen-bond acceptors (Lipinski definition) is 5. The molecule has 0 aliphatic carbocycles. The molecule has 182 valence electrons. The lowest BCUT2D eigenvalue weighted by Gasteiger charge is -2.51. The van der Waals surface area contributed by atoms with E-state index in [-0.39, 0.29) is 35.0 Å². The van der Waals surface area contributed by atoms with Crippen LogP contribution in [0.4, 0.5) is 5.82 Å². The maximum absolute atomic E-state index is 13.2. The molecule has 1 N–H and O–H groups in total. The molecular weight excluding hydrogens is 430 g/mol. The van der Waals surface area contributed by atoms with Gasteiger partial charge in [0.1, 0.15) is 11.5 Å². The second-order valence-electron chi connectivity index (χ2n) is 11.4. The zero-order valence-corrected chi connectivity index (χ0v) is 21.0. The first-order chi connectivity index (χ1) is 16.0. The average molecular weight is 466 g/mol. The van der Waals surface area contributed by atoms with Gasteiger partial charge in [-0.1, -0.05) is 34.6 Å². The molecule has 3 aromatic heterocycles. The van der Waals surface area contributed by atoms with Crippen molar-refractivity contribution >= 4 is 22.9 Å². The van der Waals surface area contributed by atoms with E-state index in [2.05, 4.69) is 49.7 Å². The normalized spacial score (nSPS) is 20.7. The van der Waals surface area contributed by atoms with Crippen LogP contribution in [0.2, 0.25) is 0 Å². The summed E-state index contributed by atoms with van der Waals surface area (Å²) in [6.45, 7) is 12.6. The number of anilines is 1. The third-order valence-electron chi connectivity index (χ3n) is 7.10. The molecule has 9 heteroatoms. The molecule has 0 spiro atoms. The number of rotatable bonds is 4. The van der Waals surface area contributed by atoms with Crippen LogP contribution in [-0.4, -0.2) is 60.3 Å². The van der Waals surface area contributed by atoms with Crippen LogP contribution in [0.5, 0.6) is 0 Å². The number of nitrogens with one attached hydrogen (secondary N) is 1. The number of hydrogen-bond donors (Lipinski definition) is 1. The van der Waals surface area contributed by atoms with E-state index in [1.165, 1.54) is 0 Å². The molecule has 0 aromatic carbocycles. The highest BCUT2D eigenvalue weighted by atomic mass is 16.2. The van der Waals surface area contributed by atoms with Gasteiger partial charge in [0.2, 0.25) is 0 Å². The second kappa shape index (κ2) is 7.99. The number of aromatic amines is 1. The van der Waals surface area contributed by atoms with Gasteiger partial charge >= 0.3 is 5.69 Å². The van der Waals surface area contributed by atoms with Gasteiger partial charge in [0.25, 0.3) is 5.91 Å². The Balaban J connectivity index is 1.40. The Kier molecular flexibility index (Phi) is 5.33. The van der Waals surface area contributed by atoms with Crippen LogP contribution >= 0.6 is 0 Å². The summed E-state index contributed by atoms with van der Waals surface area (Å²) in [5.74, 6) is 1.18. The quantitative estimate of drug-likeness (QED) is 0.639. The Morgan fingerprint density at radius 2 is 1.91 bits per heavy atom. The first kappa shape index (κ1) is 22.7. The molecule has 34 heavy (non-hydrogen) atoms. The number of piperazine rings is 1. The minimum Gasteiger partial charge on any atom is -0.350 e. The fourth-order valence-corrected chi connectivity index (χ4v) is 5.31. The van der Waals surface area contributed by atoms with E-state index in [1.54, 1.807) is 11.6 Å². The molecule has 6 rings (SSSR count). The maximum atomic E-state index is 13.2. The summed E-state index contributed by atoms with van der Waals surface area (Å²) in [7, 11) is 1.79. The van der Waals surface area contributed by atoms with Crippen molar-refractivity contribution in [2.24, 2.45) is 12.5 Å². The van der Waals surface area contributed by atoms with Crippen molar-refractivity contribution in [3.8, 4) is 0 Å². The van der Waals surface area contributed by atoms with E-state index in [0.717, 1.165) is 36.4 Å². The van der Waals surface area contributed by atoms with Gasteiger partial charge in [-0.3, -0.25) is 19.0 Å². The summed E-state index contributed by atoms with van der Waals surface area (Å²) in [6.07, 6.45) is 2.01.